The number of unbranched alkanes of at least 4 members (excludes halogenated alkanes) is 5. The first-order valence-corrected chi connectivity index (χ1v) is 13.2. The standard InChI is InChI=1S/C22H33N6O5P.2Na/c23-7-5-3-1-2-4-6-8-24-22-18-10-20-21(11-19(18)25-14-26-22)28(15-27-20)16-9-17(32-12-16)13-33-34(29,30)31;;/h10-11,14-17H,1-9,12-13,23H2,(H,24,25,26)(H2,29,30,31);;/q;2*+1/p-2. The van der Waals surface area contributed by atoms with Crippen molar-refractivity contribution in [3.63, 3.8) is 0 Å². The molecule has 14 heteroatoms. The van der Waals surface area contributed by atoms with Gasteiger partial charge in [-0.3, -0.25) is 0 Å². The van der Waals surface area contributed by atoms with E-state index < -0.39 is 13.9 Å². The smallest absolute Gasteiger partial charge is 0.790 e. The summed E-state index contributed by atoms with van der Waals surface area (Å²) in [5.41, 5.74) is 8.06. The second-order valence-electron chi connectivity index (χ2n) is 8.66. The molecule has 0 bridgehead atoms. The van der Waals surface area contributed by atoms with E-state index in [0.29, 0.717) is 13.0 Å². The number of phosphoric acid groups is 1. The van der Waals surface area contributed by atoms with Gasteiger partial charge in [-0.2, -0.15) is 0 Å². The number of fused-ring (bicyclic) bond motifs is 2. The largest absolute Gasteiger partial charge is 1.00 e. The molecule has 3 N–H and O–H groups in total. The second-order valence-corrected chi connectivity index (χ2v) is 9.81. The van der Waals surface area contributed by atoms with Crippen LogP contribution < -0.4 is 80.0 Å². The first-order chi connectivity index (χ1) is 16.4. The van der Waals surface area contributed by atoms with E-state index in [1.165, 1.54) is 25.7 Å². The molecule has 2 atom stereocenters. The van der Waals surface area contributed by atoms with Crippen LogP contribution in [0.5, 0.6) is 0 Å². The van der Waals surface area contributed by atoms with Crippen molar-refractivity contribution in [1.82, 2.24) is 19.5 Å². The summed E-state index contributed by atoms with van der Waals surface area (Å²) in [6.07, 6.45) is 10.4. The molecule has 1 saturated heterocycles. The number of ether oxygens (including phenoxy) is 1. The Labute approximate surface area is 255 Å². The molecule has 11 nitrogen and oxygen atoms in total. The zero-order chi connectivity index (χ0) is 24.0. The molecule has 1 aliphatic heterocycles. The van der Waals surface area contributed by atoms with Gasteiger partial charge in [0, 0.05) is 11.9 Å². The van der Waals surface area contributed by atoms with Crippen LogP contribution in [0.2, 0.25) is 0 Å². The minimum Gasteiger partial charge on any atom is -0.790 e. The number of hydrogen-bond donors (Lipinski definition) is 2. The van der Waals surface area contributed by atoms with E-state index in [4.69, 9.17) is 10.5 Å². The van der Waals surface area contributed by atoms with Gasteiger partial charge < -0.3 is 39.2 Å². The summed E-state index contributed by atoms with van der Waals surface area (Å²) in [5.74, 6) is 0.797. The van der Waals surface area contributed by atoms with Gasteiger partial charge in [-0.15, -0.1) is 0 Å². The van der Waals surface area contributed by atoms with Crippen molar-refractivity contribution >= 4 is 35.6 Å². The van der Waals surface area contributed by atoms with Crippen LogP contribution in [-0.2, 0) is 13.8 Å². The van der Waals surface area contributed by atoms with E-state index in [1.54, 1.807) is 12.7 Å². The maximum atomic E-state index is 10.7. The van der Waals surface area contributed by atoms with E-state index in [-0.39, 0.29) is 71.8 Å². The van der Waals surface area contributed by atoms with Crippen molar-refractivity contribution in [2.24, 2.45) is 5.73 Å². The fourth-order valence-corrected chi connectivity index (χ4v) is 4.71. The third-order valence-corrected chi connectivity index (χ3v) is 6.59. The van der Waals surface area contributed by atoms with Gasteiger partial charge in [0.25, 0.3) is 0 Å². The molecule has 1 aliphatic rings. The van der Waals surface area contributed by atoms with Gasteiger partial charge in [0.15, 0.2) is 0 Å². The molecule has 2 aromatic heterocycles. The molecule has 4 rings (SSSR count). The predicted octanol–water partition coefficient (Wildman–Crippen LogP) is -4.13. The molecule has 0 amide bonds. The summed E-state index contributed by atoms with van der Waals surface area (Å²) in [7, 11) is -5.01. The number of aromatic nitrogens is 4. The number of nitrogens with two attached hydrogens (primary N) is 1. The molecule has 186 valence electrons. The fraction of sp³-hybridized carbons (Fsp3) is 0.591. The third kappa shape index (κ3) is 8.97. The zero-order valence-electron chi connectivity index (χ0n) is 21.1. The van der Waals surface area contributed by atoms with Crippen molar-refractivity contribution in [3.8, 4) is 0 Å². The van der Waals surface area contributed by atoms with Crippen LogP contribution in [-0.4, -0.2) is 51.9 Å². The summed E-state index contributed by atoms with van der Waals surface area (Å²) >= 11 is 0. The number of rotatable bonds is 13. The minimum atomic E-state index is -5.01. The number of nitrogens with zero attached hydrogens (tertiary/aromatic N) is 4. The van der Waals surface area contributed by atoms with Crippen LogP contribution in [0.4, 0.5) is 5.82 Å². The van der Waals surface area contributed by atoms with Crippen LogP contribution >= 0.6 is 7.82 Å². The van der Waals surface area contributed by atoms with Crippen LogP contribution in [0.1, 0.15) is 51.0 Å². The second kappa shape index (κ2) is 15.5. The monoisotopic (exact) mass is 536 g/mol. The van der Waals surface area contributed by atoms with Crippen molar-refractivity contribution in [1.29, 1.82) is 0 Å². The molecule has 0 saturated carbocycles. The van der Waals surface area contributed by atoms with Crippen LogP contribution in [0.15, 0.2) is 24.8 Å². The van der Waals surface area contributed by atoms with Gasteiger partial charge in [0.2, 0.25) is 0 Å². The zero-order valence-corrected chi connectivity index (χ0v) is 26.0. The SMILES string of the molecule is NCCCCCCCCNc1ncnc2cc3c(cc12)ncn3C1COC(COP(=O)([O-])[O-])C1.[Na+].[Na+]. The van der Waals surface area contributed by atoms with E-state index in [9.17, 15) is 14.4 Å². The summed E-state index contributed by atoms with van der Waals surface area (Å²) < 4.78 is 22.7. The molecule has 1 aromatic carbocycles. The Morgan fingerprint density at radius 3 is 2.58 bits per heavy atom. The van der Waals surface area contributed by atoms with Crippen molar-refractivity contribution in [2.45, 2.75) is 57.1 Å². The van der Waals surface area contributed by atoms with Gasteiger partial charge in [-0.1, -0.05) is 25.7 Å². The van der Waals surface area contributed by atoms with E-state index in [1.807, 2.05) is 16.7 Å². The Balaban J connectivity index is 0.00000228. The van der Waals surface area contributed by atoms with E-state index in [0.717, 1.165) is 53.7 Å². The molecule has 3 heterocycles. The molecule has 0 spiro atoms. The Hall–Kier alpha value is -0.140. The summed E-state index contributed by atoms with van der Waals surface area (Å²) in [6, 6.07) is 3.92. The third-order valence-electron chi connectivity index (χ3n) is 6.13. The van der Waals surface area contributed by atoms with Gasteiger partial charge in [0.1, 0.15) is 12.1 Å². The topological polar surface area (TPSA) is 163 Å². The van der Waals surface area contributed by atoms with Gasteiger partial charge in [-0.05, 0) is 37.9 Å². The van der Waals surface area contributed by atoms with Crippen molar-refractivity contribution < 1.29 is 82.7 Å². The van der Waals surface area contributed by atoms with Crippen LogP contribution in [0.25, 0.3) is 21.9 Å². The minimum absolute atomic E-state index is 0. The summed E-state index contributed by atoms with van der Waals surface area (Å²) in [4.78, 5) is 34.9. The Kier molecular flexibility index (Phi) is 13.8. The molecule has 3 aromatic rings. The number of nitrogens with one attached hydrogen (secondary N) is 1. The molecular weight excluding hydrogens is 505 g/mol. The summed E-state index contributed by atoms with van der Waals surface area (Å²) in [5, 5.41) is 4.35. The molecular formula is C22H31N6Na2O5P. The first kappa shape index (κ1) is 32.1. The van der Waals surface area contributed by atoms with Crippen LogP contribution in [0, 0.1) is 0 Å². The molecule has 36 heavy (non-hydrogen) atoms. The molecule has 0 aliphatic carbocycles. The van der Waals surface area contributed by atoms with Crippen molar-refractivity contribution in [3.05, 3.63) is 24.8 Å². The number of imidazole rings is 1. The fourth-order valence-electron chi connectivity index (χ4n) is 4.36. The first-order valence-electron chi connectivity index (χ1n) is 11.8. The quantitative estimate of drug-likeness (QED) is 0.125. The number of phosphoric ester groups is 1. The van der Waals surface area contributed by atoms with Crippen LogP contribution in [0.3, 0.4) is 0 Å². The Morgan fingerprint density at radius 1 is 1.08 bits per heavy atom. The number of benzene rings is 1. The predicted molar refractivity (Wildman–Crippen MR) is 125 cm³/mol. The molecule has 2 unspecified atom stereocenters. The van der Waals surface area contributed by atoms with E-state index in [2.05, 4.69) is 24.8 Å². The maximum Gasteiger partial charge on any atom is 1.00 e. The number of hydrogen-bond acceptors (Lipinski definition) is 10. The Morgan fingerprint density at radius 2 is 1.83 bits per heavy atom. The maximum absolute atomic E-state index is 10.7. The van der Waals surface area contributed by atoms with Crippen molar-refractivity contribution in [2.75, 3.05) is 31.6 Å². The van der Waals surface area contributed by atoms with Gasteiger partial charge in [-0.25, -0.2) is 15.0 Å². The Bertz CT molecular complexity index is 1150. The average Bonchev–Trinajstić information content (AvgIpc) is 3.44. The summed E-state index contributed by atoms with van der Waals surface area (Å²) in [6.45, 7) is 1.72. The van der Waals surface area contributed by atoms with Gasteiger partial charge >= 0.3 is 59.1 Å². The van der Waals surface area contributed by atoms with Gasteiger partial charge in [0.05, 0.1) is 56.1 Å². The normalized spacial score (nSPS) is 17.8. The van der Waals surface area contributed by atoms with E-state index >= 15 is 0 Å². The molecule has 0 radical (unpaired) electrons. The molecule has 1 fully saturated rings. The number of anilines is 1. The average molecular weight is 536 g/mol.